The van der Waals surface area contributed by atoms with Gasteiger partial charge in [-0.3, -0.25) is 15.0 Å². The first-order valence-corrected chi connectivity index (χ1v) is 11.7. The molecule has 0 bridgehead atoms. The minimum absolute atomic E-state index is 0.521. The van der Waals surface area contributed by atoms with Gasteiger partial charge in [0, 0.05) is 28.7 Å². The standard InChI is InChI=1S/C27H34N4O2/c1-6-16-32-26-18-22(7-2)30-27(20(26)4)25-15-9-12-23(29-25)13-10-17-33-31-21(5)24-14-8-11-19(3)28-24/h8-9,11-12,14-15,18H,6-7,10,13,16-17H2,1-5H3/b31-21+. The molecule has 0 aliphatic carbocycles. The van der Waals surface area contributed by atoms with Gasteiger partial charge >= 0.3 is 0 Å². The summed E-state index contributed by atoms with van der Waals surface area (Å²) in [4.78, 5) is 19.7. The first-order chi connectivity index (χ1) is 16.0. The molecule has 0 saturated carbocycles. The van der Waals surface area contributed by atoms with Gasteiger partial charge in [-0.1, -0.05) is 31.1 Å². The SMILES string of the molecule is CCCOc1cc(CC)nc(-c2cccc(CCCO/N=C(\C)c3cccc(C)n3)n2)c1C. The lowest BCUT2D eigenvalue weighted by molar-refractivity contribution is 0.141. The Labute approximate surface area is 197 Å². The number of pyridine rings is 3. The van der Waals surface area contributed by atoms with Crippen LogP contribution < -0.4 is 4.74 Å². The van der Waals surface area contributed by atoms with Gasteiger partial charge in [0.2, 0.25) is 0 Å². The van der Waals surface area contributed by atoms with Crippen LogP contribution in [0.1, 0.15) is 62.0 Å². The summed E-state index contributed by atoms with van der Waals surface area (Å²) in [6.45, 7) is 11.4. The van der Waals surface area contributed by atoms with Crippen molar-refractivity contribution in [1.82, 2.24) is 15.0 Å². The summed E-state index contributed by atoms with van der Waals surface area (Å²) in [5.74, 6) is 0.899. The highest BCUT2D eigenvalue weighted by Gasteiger charge is 2.13. The lowest BCUT2D eigenvalue weighted by Crippen LogP contribution is -2.04. The number of aromatic nitrogens is 3. The van der Waals surface area contributed by atoms with Gasteiger partial charge in [-0.05, 0) is 70.7 Å². The highest BCUT2D eigenvalue weighted by atomic mass is 16.6. The molecular formula is C27H34N4O2. The number of nitrogens with zero attached hydrogens (tertiary/aromatic N) is 4. The molecule has 0 unspecified atom stereocenters. The van der Waals surface area contributed by atoms with Crippen LogP contribution in [-0.4, -0.2) is 33.9 Å². The molecule has 6 heteroatoms. The number of aryl methyl sites for hydroxylation is 3. The Morgan fingerprint density at radius 2 is 1.76 bits per heavy atom. The second-order valence-electron chi connectivity index (χ2n) is 8.08. The molecular weight excluding hydrogens is 412 g/mol. The maximum atomic E-state index is 5.97. The van der Waals surface area contributed by atoms with Crippen LogP contribution in [0.25, 0.3) is 11.4 Å². The Morgan fingerprint density at radius 1 is 0.939 bits per heavy atom. The van der Waals surface area contributed by atoms with Crippen molar-refractivity contribution in [3.8, 4) is 17.1 Å². The van der Waals surface area contributed by atoms with Gasteiger partial charge < -0.3 is 9.57 Å². The third kappa shape index (κ3) is 6.85. The van der Waals surface area contributed by atoms with Crippen LogP contribution in [0.2, 0.25) is 0 Å². The normalized spacial score (nSPS) is 11.5. The molecule has 174 valence electrons. The number of hydrogen-bond acceptors (Lipinski definition) is 6. The zero-order valence-corrected chi connectivity index (χ0v) is 20.4. The van der Waals surface area contributed by atoms with Crippen molar-refractivity contribution in [1.29, 1.82) is 0 Å². The minimum atomic E-state index is 0.521. The average Bonchev–Trinajstić information content (AvgIpc) is 2.83. The minimum Gasteiger partial charge on any atom is -0.493 e. The number of oxime groups is 1. The van der Waals surface area contributed by atoms with Crippen molar-refractivity contribution < 1.29 is 9.57 Å². The third-order valence-electron chi connectivity index (χ3n) is 5.28. The fraction of sp³-hybridized carbons (Fsp3) is 0.407. The molecule has 3 rings (SSSR count). The maximum absolute atomic E-state index is 5.97. The monoisotopic (exact) mass is 446 g/mol. The molecule has 6 nitrogen and oxygen atoms in total. The summed E-state index contributed by atoms with van der Waals surface area (Å²) in [7, 11) is 0. The fourth-order valence-electron chi connectivity index (χ4n) is 3.43. The lowest BCUT2D eigenvalue weighted by atomic mass is 10.1. The Bertz CT molecular complexity index is 1100. The second kappa shape index (κ2) is 12.1. The summed E-state index contributed by atoms with van der Waals surface area (Å²) in [5.41, 5.74) is 7.40. The van der Waals surface area contributed by atoms with Crippen LogP contribution in [0.3, 0.4) is 0 Å². The molecule has 33 heavy (non-hydrogen) atoms. The molecule has 0 fully saturated rings. The molecule has 0 spiro atoms. The first-order valence-electron chi connectivity index (χ1n) is 11.7. The molecule has 0 atom stereocenters. The summed E-state index contributed by atoms with van der Waals surface area (Å²) in [5, 5.41) is 4.21. The summed E-state index contributed by atoms with van der Waals surface area (Å²) >= 11 is 0. The molecule has 0 aliphatic heterocycles. The van der Waals surface area contributed by atoms with Crippen LogP contribution >= 0.6 is 0 Å². The summed E-state index contributed by atoms with van der Waals surface area (Å²) < 4.78 is 5.97. The van der Waals surface area contributed by atoms with E-state index in [4.69, 9.17) is 19.5 Å². The number of hydrogen-bond donors (Lipinski definition) is 0. The van der Waals surface area contributed by atoms with E-state index in [0.717, 1.165) is 76.9 Å². The molecule has 3 heterocycles. The number of ether oxygens (including phenoxy) is 1. The maximum Gasteiger partial charge on any atom is 0.126 e. The molecule has 0 N–H and O–H groups in total. The van der Waals surface area contributed by atoms with Gasteiger partial charge in [0.1, 0.15) is 18.1 Å². The van der Waals surface area contributed by atoms with Crippen molar-refractivity contribution in [3.05, 3.63) is 70.8 Å². The zero-order chi connectivity index (χ0) is 23.6. The Balaban J connectivity index is 1.64. The van der Waals surface area contributed by atoms with E-state index in [1.165, 1.54) is 0 Å². The highest BCUT2D eigenvalue weighted by Crippen LogP contribution is 2.29. The lowest BCUT2D eigenvalue weighted by Gasteiger charge is -2.14. The molecule has 0 aliphatic rings. The topological polar surface area (TPSA) is 69.5 Å². The van der Waals surface area contributed by atoms with Gasteiger partial charge in [-0.2, -0.15) is 0 Å². The predicted molar refractivity (Wildman–Crippen MR) is 133 cm³/mol. The average molecular weight is 447 g/mol. The van der Waals surface area contributed by atoms with Gasteiger partial charge in [0.15, 0.2) is 0 Å². The van der Waals surface area contributed by atoms with E-state index >= 15 is 0 Å². The number of rotatable bonds is 11. The van der Waals surface area contributed by atoms with Crippen molar-refractivity contribution in [2.24, 2.45) is 5.16 Å². The quantitative estimate of drug-likeness (QED) is 0.209. The van der Waals surface area contributed by atoms with Crippen molar-refractivity contribution >= 4 is 5.71 Å². The van der Waals surface area contributed by atoms with E-state index in [1.807, 2.05) is 56.3 Å². The van der Waals surface area contributed by atoms with Crippen LogP contribution in [0, 0.1) is 13.8 Å². The van der Waals surface area contributed by atoms with Crippen LogP contribution in [0.4, 0.5) is 0 Å². The van der Waals surface area contributed by atoms with E-state index in [2.05, 4.69) is 30.9 Å². The van der Waals surface area contributed by atoms with Crippen molar-refractivity contribution in [2.45, 2.75) is 60.3 Å². The largest absolute Gasteiger partial charge is 0.493 e. The smallest absolute Gasteiger partial charge is 0.126 e. The van der Waals surface area contributed by atoms with Crippen LogP contribution in [0.15, 0.2) is 47.6 Å². The van der Waals surface area contributed by atoms with E-state index < -0.39 is 0 Å². The highest BCUT2D eigenvalue weighted by molar-refractivity contribution is 5.96. The van der Waals surface area contributed by atoms with Crippen molar-refractivity contribution in [2.75, 3.05) is 13.2 Å². The Hall–Kier alpha value is -3.28. The van der Waals surface area contributed by atoms with E-state index in [0.29, 0.717) is 13.2 Å². The van der Waals surface area contributed by atoms with E-state index in [-0.39, 0.29) is 0 Å². The molecule has 3 aromatic heterocycles. The first kappa shape index (κ1) is 24.4. The summed E-state index contributed by atoms with van der Waals surface area (Å²) in [6, 6.07) is 14.0. The summed E-state index contributed by atoms with van der Waals surface area (Å²) in [6.07, 6.45) is 3.45. The van der Waals surface area contributed by atoms with Crippen LogP contribution in [0.5, 0.6) is 5.75 Å². The molecule has 3 aromatic rings. The zero-order valence-electron chi connectivity index (χ0n) is 20.4. The van der Waals surface area contributed by atoms with Gasteiger partial charge in [0.05, 0.1) is 23.7 Å². The Morgan fingerprint density at radius 3 is 2.52 bits per heavy atom. The van der Waals surface area contributed by atoms with Gasteiger partial charge in [0.25, 0.3) is 0 Å². The second-order valence-corrected chi connectivity index (χ2v) is 8.08. The van der Waals surface area contributed by atoms with Gasteiger partial charge in [-0.15, -0.1) is 0 Å². The predicted octanol–water partition coefficient (Wildman–Crippen LogP) is 5.88. The molecule has 0 amide bonds. The third-order valence-corrected chi connectivity index (χ3v) is 5.28. The van der Waals surface area contributed by atoms with Gasteiger partial charge in [-0.25, -0.2) is 0 Å². The fourth-order valence-corrected chi connectivity index (χ4v) is 3.43. The van der Waals surface area contributed by atoms with Crippen LogP contribution in [-0.2, 0) is 17.7 Å². The van der Waals surface area contributed by atoms with E-state index in [9.17, 15) is 0 Å². The van der Waals surface area contributed by atoms with Crippen molar-refractivity contribution in [3.63, 3.8) is 0 Å². The Kier molecular flexibility index (Phi) is 8.93. The molecule has 0 radical (unpaired) electrons. The van der Waals surface area contributed by atoms with E-state index in [1.54, 1.807) is 0 Å². The molecule has 0 aromatic carbocycles. The molecule has 0 saturated heterocycles.